The van der Waals surface area contributed by atoms with Gasteiger partial charge in [0.1, 0.15) is 12.4 Å². The monoisotopic (exact) mass is 281 g/mol. The van der Waals surface area contributed by atoms with Gasteiger partial charge in [-0.25, -0.2) is 0 Å². The summed E-state index contributed by atoms with van der Waals surface area (Å²) in [6, 6.07) is 10.9. The minimum Gasteiger partial charge on any atom is -0.467 e. The van der Waals surface area contributed by atoms with Crippen molar-refractivity contribution in [1.29, 1.82) is 0 Å². The summed E-state index contributed by atoms with van der Waals surface area (Å²) >= 11 is 5.79. The van der Waals surface area contributed by atoms with Crippen LogP contribution in [0.2, 0.25) is 5.02 Å². The van der Waals surface area contributed by atoms with E-state index in [0.717, 1.165) is 11.4 Å². The molecule has 19 heavy (non-hydrogen) atoms. The summed E-state index contributed by atoms with van der Waals surface area (Å²) < 4.78 is 10.5. The van der Waals surface area contributed by atoms with Crippen LogP contribution in [0.5, 0.6) is 0 Å². The van der Waals surface area contributed by atoms with Crippen LogP contribution in [-0.4, -0.2) is 24.4 Å². The van der Waals surface area contributed by atoms with Crippen molar-refractivity contribution in [2.75, 3.05) is 18.5 Å². The van der Waals surface area contributed by atoms with Crippen LogP contribution in [0.4, 0.5) is 5.69 Å². The zero-order valence-corrected chi connectivity index (χ0v) is 11.1. The maximum atomic E-state index is 9.75. The van der Waals surface area contributed by atoms with Gasteiger partial charge >= 0.3 is 0 Å². The summed E-state index contributed by atoms with van der Waals surface area (Å²) in [7, 11) is 0. The van der Waals surface area contributed by atoms with Crippen molar-refractivity contribution in [3.05, 3.63) is 53.4 Å². The molecule has 0 radical (unpaired) electrons. The van der Waals surface area contributed by atoms with Crippen molar-refractivity contribution in [3.63, 3.8) is 0 Å². The second-order valence-electron chi connectivity index (χ2n) is 4.14. The summed E-state index contributed by atoms with van der Waals surface area (Å²) in [6.07, 6.45) is 1.02. The van der Waals surface area contributed by atoms with Crippen LogP contribution in [0.1, 0.15) is 5.76 Å². The van der Waals surface area contributed by atoms with Gasteiger partial charge in [0.15, 0.2) is 0 Å². The number of hydrogen-bond donors (Lipinski definition) is 2. The van der Waals surface area contributed by atoms with Crippen LogP contribution in [0, 0.1) is 0 Å². The fourth-order valence-corrected chi connectivity index (χ4v) is 1.68. The number of furan rings is 1. The predicted molar refractivity (Wildman–Crippen MR) is 74.3 cm³/mol. The van der Waals surface area contributed by atoms with E-state index in [1.165, 1.54) is 0 Å². The van der Waals surface area contributed by atoms with Crippen molar-refractivity contribution in [2.24, 2.45) is 0 Å². The minimum atomic E-state index is -0.578. The van der Waals surface area contributed by atoms with E-state index in [0.29, 0.717) is 18.2 Å². The first-order valence-corrected chi connectivity index (χ1v) is 6.39. The molecule has 2 rings (SSSR count). The molecule has 2 aromatic rings. The second-order valence-corrected chi connectivity index (χ2v) is 4.57. The molecule has 2 N–H and O–H groups in total. The topological polar surface area (TPSA) is 54.6 Å². The van der Waals surface area contributed by atoms with Crippen molar-refractivity contribution < 1.29 is 14.3 Å². The maximum absolute atomic E-state index is 9.75. The molecule has 0 aliphatic heterocycles. The van der Waals surface area contributed by atoms with E-state index in [1.807, 2.05) is 18.2 Å². The molecular weight excluding hydrogens is 266 g/mol. The Hall–Kier alpha value is -1.49. The lowest BCUT2D eigenvalue weighted by Crippen LogP contribution is -2.24. The number of aliphatic hydroxyl groups excluding tert-OH is 1. The van der Waals surface area contributed by atoms with E-state index in [4.69, 9.17) is 20.8 Å². The number of hydrogen-bond acceptors (Lipinski definition) is 4. The van der Waals surface area contributed by atoms with Crippen LogP contribution >= 0.6 is 11.6 Å². The minimum absolute atomic E-state index is 0.251. The molecule has 0 saturated carbocycles. The molecule has 0 spiro atoms. The fourth-order valence-electron chi connectivity index (χ4n) is 1.55. The third kappa shape index (κ3) is 4.95. The van der Waals surface area contributed by atoms with Crippen LogP contribution in [0.3, 0.4) is 0 Å². The Morgan fingerprint density at radius 1 is 1.26 bits per heavy atom. The first-order valence-electron chi connectivity index (χ1n) is 6.01. The van der Waals surface area contributed by atoms with Gasteiger partial charge in [-0.1, -0.05) is 11.6 Å². The maximum Gasteiger partial charge on any atom is 0.129 e. The van der Waals surface area contributed by atoms with E-state index in [2.05, 4.69) is 5.32 Å². The Morgan fingerprint density at radius 3 is 2.74 bits per heavy atom. The second kappa shape index (κ2) is 7.19. The molecule has 0 saturated heterocycles. The van der Waals surface area contributed by atoms with Gasteiger partial charge in [0.25, 0.3) is 0 Å². The smallest absolute Gasteiger partial charge is 0.129 e. The average molecular weight is 282 g/mol. The molecule has 1 heterocycles. The van der Waals surface area contributed by atoms with Gasteiger partial charge in [-0.2, -0.15) is 0 Å². The number of ether oxygens (including phenoxy) is 1. The molecule has 0 bridgehead atoms. The Morgan fingerprint density at radius 2 is 2.05 bits per heavy atom. The largest absolute Gasteiger partial charge is 0.467 e. The van der Waals surface area contributed by atoms with Gasteiger partial charge in [0.2, 0.25) is 0 Å². The van der Waals surface area contributed by atoms with Gasteiger partial charge in [0.05, 0.1) is 19.0 Å². The van der Waals surface area contributed by atoms with E-state index in [9.17, 15) is 5.11 Å². The molecule has 1 aromatic heterocycles. The number of anilines is 1. The lowest BCUT2D eigenvalue weighted by atomic mass is 10.3. The van der Waals surface area contributed by atoms with Gasteiger partial charge < -0.3 is 19.6 Å². The van der Waals surface area contributed by atoms with Gasteiger partial charge in [-0.3, -0.25) is 0 Å². The van der Waals surface area contributed by atoms with Crippen LogP contribution in [0.15, 0.2) is 47.1 Å². The third-order valence-corrected chi connectivity index (χ3v) is 2.77. The van der Waals surface area contributed by atoms with Gasteiger partial charge in [0, 0.05) is 17.3 Å². The molecule has 0 aliphatic rings. The Kier molecular flexibility index (Phi) is 5.27. The normalized spacial score (nSPS) is 12.3. The molecule has 1 aromatic carbocycles. The number of benzene rings is 1. The van der Waals surface area contributed by atoms with Crippen molar-refractivity contribution in [2.45, 2.75) is 12.7 Å². The summed E-state index contributed by atoms with van der Waals surface area (Å²) in [5.41, 5.74) is 0.912. The molecule has 0 aliphatic carbocycles. The lowest BCUT2D eigenvalue weighted by Gasteiger charge is -2.12. The third-order valence-electron chi connectivity index (χ3n) is 2.52. The molecular formula is C14H16ClNO3. The highest BCUT2D eigenvalue weighted by Gasteiger charge is 2.05. The highest BCUT2D eigenvalue weighted by Crippen LogP contribution is 2.13. The standard InChI is InChI=1S/C14H16ClNO3/c15-11-3-5-12(6-4-11)16-8-13(17)9-18-10-14-2-1-7-19-14/h1-7,13,16-17H,8-10H2. The summed E-state index contributed by atoms with van der Waals surface area (Å²) in [6.45, 7) is 1.03. The Balaban J connectivity index is 1.64. The zero-order chi connectivity index (χ0) is 13.5. The molecule has 102 valence electrons. The molecule has 0 fully saturated rings. The quantitative estimate of drug-likeness (QED) is 0.819. The first-order chi connectivity index (χ1) is 9.24. The van der Waals surface area contributed by atoms with E-state index < -0.39 is 6.10 Å². The van der Waals surface area contributed by atoms with E-state index >= 15 is 0 Å². The van der Waals surface area contributed by atoms with Gasteiger partial charge in [-0.05, 0) is 36.4 Å². The van der Waals surface area contributed by atoms with Crippen molar-refractivity contribution in [3.8, 4) is 0 Å². The Bertz CT molecular complexity index is 470. The number of rotatable bonds is 7. The molecule has 0 amide bonds. The molecule has 1 unspecified atom stereocenters. The Labute approximate surface area is 117 Å². The average Bonchev–Trinajstić information content (AvgIpc) is 2.91. The number of aliphatic hydroxyl groups is 1. The SMILES string of the molecule is OC(CNc1ccc(Cl)cc1)COCc1ccco1. The van der Waals surface area contributed by atoms with Crippen LogP contribution in [0.25, 0.3) is 0 Å². The fraction of sp³-hybridized carbons (Fsp3) is 0.286. The van der Waals surface area contributed by atoms with Crippen molar-refractivity contribution >= 4 is 17.3 Å². The number of halogens is 1. The van der Waals surface area contributed by atoms with Crippen molar-refractivity contribution in [1.82, 2.24) is 0 Å². The summed E-state index contributed by atoms with van der Waals surface area (Å²) in [5, 5.41) is 13.5. The van der Waals surface area contributed by atoms with Crippen LogP contribution < -0.4 is 5.32 Å². The van der Waals surface area contributed by atoms with E-state index in [1.54, 1.807) is 24.5 Å². The van der Waals surface area contributed by atoms with E-state index in [-0.39, 0.29) is 6.61 Å². The highest BCUT2D eigenvalue weighted by molar-refractivity contribution is 6.30. The molecule has 5 heteroatoms. The zero-order valence-electron chi connectivity index (χ0n) is 10.4. The summed E-state index contributed by atoms with van der Waals surface area (Å²) in [5.74, 6) is 0.748. The predicted octanol–water partition coefficient (Wildman–Crippen LogP) is 2.92. The molecule has 1 atom stereocenters. The molecule has 4 nitrogen and oxygen atoms in total. The highest BCUT2D eigenvalue weighted by atomic mass is 35.5. The first kappa shape index (κ1) is 13.9. The summed E-state index contributed by atoms with van der Waals surface area (Å²) in [4.78, 5) is 0. The number of nitrogens with one attached hydrogen (secondary N) is 1. The van der Waals surface area contributed by atoms with Crippen LogP contribution in [-0.2, 0) is 11.3 Å². The lowest BCUT2D eigenvalue weighted by molar-refractivity contribution is 0.0282. The van der Waals surface area contributed by atoms with Gasteiger partial charge in [-0.15, -0.1) is 0 Å².